The van der Waals surface area contributed by atoms with Gasteiger partial charge in [-0.2, -0.15) is 0 Å². The molecule has 1 N–H and O–H groups in total. The Labute approximate surface area is 106 Å². The monoisotopic (exact) mass is 237 g/mol. The van der Waals surface area contributed by atoms with Crippen LogP contribution in [-0.2, 0) is 6.54 Å². The van der Waals surface area contributed by atoms with Crippen LogP contribution in [0.5, 0.6) is 0 Å². The first kappa shape index (κ1) is 14.1. The van der Waals surface area contributed by atoms with Crippen LogP contribution in [0.25, 0.3) is 0 Å². The molecule has 1 heterocycles. The fraction of sp³-hybridized carbons (Fsp3) is 0.786. The van der Waals surface area contributed by atoms with E-state index >= 15 is 0 Å². The van der Waals surface area contributed by atoms with Crippen molar-refractivity contribution in [2.24, 2.45) is 0 Å². The number of nitrogens with one attached hydrogen (secondary N) is 1. The topological polar surface area (TPSA) is 29.9 Å². The maximum atomic E-state index is 4.45. The van der Waals surface area contributed by atoms with E-state index in [0.717, 1.165) is 31.8 Å². The van der Waals surface area contributed by atoms with Crippen molar-refractivity contribution in [1.82, 2.24) is 9.55 Å². The van der Waals surface area contributed by atoms with Crippen LogP contribution in [0.4, 0.5) is 5.95 Å². The third-order valence-corrected chi connectivity index (χ3v) is 3.88. The molecule has 17 heavy (non-hydrogen) atoms. The minimum absolute atomic E-state index is 0.204. The molecule has 3 heteroatoms. The van der Waals surface area contributed by atoms with E-state index in [1.807, 2.05) is 6.20 Å². The largest absolute Gasteiger partial charge is 0.350 e. The molecule has 0 aromatic carbocycles. The molecule has 0 saturated heterocycles. The zero-order valence-corrected chi connectivity index (χ0v) is 11.8. The van der Waals surface area contributed by atoms with Crippen LogP contribution in [0, 0.1) is 0 Å². The molecule has 1 aromatic heterocycles. The summed E-state index contributed by atoms with van der Waals surface area (Å²) < 4.78 is 2.24. The number of rotatable bonds is 8. The fourth-order valence-electron chi connectivity index (χ4n) is 2.19. The Kier molecular flexibility index (Phi) is 5.52. The van der Waals surface area contributed by atoms with Crippen molar-refractivity contribution in [3.05, 3.63) is 12.4 Å². The maximum Gasteiger partial charge on any atom is 0.203 e. The zero-order valence-electron chi connectivity index (χ0n) is 11.8. The van der Waals surface area contributed by atoms with Gasteiger partial charge in [-0.25, -0.2) is 4.98 Å². The van der Waals surface area contributed by atoms with Crippen molar-refractivity contribution < 1.29 is 0 Å². The predicted octanol–water partition coefficient (Wildman–Crippen LogP) is 4.06. The van der Waals surface area contributed by atoms with Crippen LogP contribution < -0.4 is 5.32 Å². The molecule has 0 atom stereocenters. The molecule has 1 aromatic rings. The van der Waals surface area contributed by atoms with Gasteiger partial charge in [0.15, 0.2) is 0 Å². The number of imidazole rings is 1. The Balaban J connectivity index is 2.75. The first-order chi connectivity index (χ1) is 8.21. The number of anilines is 1. The van der Waals surface area contributed by atoms with Crippen LogP contribution >= 0.6 is 0 Å². The first-order valence-corrected chi connectivity index (χ1v) is 7.00. The van der Waals surface area contributed by atoms with E-state index in [4.69, 9.17) is 0 Å². The van der Waals surface area contributed by atoms with Gasteiger partial charge in [0, 0.05) is 24.5 Å². The van der Waals surface area contributed by atoms with Crippen LogP contribution in [0.3, 0.4) is 0 Å². The van der Waals surface area contributed by atoms with E-state index in [0.29, 0.717) is 0 Å². The molecular formula is C14H27N3. The van der Waals surface area contributed by atoms with Crippen molar-refractivity contribution in [3.8, 4) is 0 Å². The minimum atomic E-state index is 0.204. The Morgan fingerprint density at radius 2 is 1.82 bits per heavy atom. The van der Waals surface area contributed by atoms with E-state index in [1.54, 1.807) is 0 Å². The van der Waals surface area contributed by atoms with Crippen LogP contribution in [0.2, 0.25) is 0 Å². The molecule has 0 aliphatic rings. The van der Waals surface area contributed by atoms with Gasteiger partial charge in [-0.1, -0.05) is 34.1 Å². The number of unbranched alkanes of at least 4 members (excludes halogenated alkanes) is 1. The molecule has 0 aliphatic heterocycles. The maximum absolute atomic E-state index is 4.45. The van der Waals surface area contributed by atoms with Gasteiger partial charge in [-0.05, 0) is 25.7 Å². The lowest BCUT2D eigenvalue weighted by Crippen LogP contribution is -2.37. The van der Waals surface area contributed by atoms with Crippen LogP contribution in [0.1, 0.15) is 59.8 Å². The van der Waals surface area contributed by atoms with E-state index in [1.165, 1.54) is 12.8 Å². The standard InChI is InChI=1S/C14H27N3/c1-5-9-11-17-12-10-15-13(17)16-14(6-2,7-3)8-4/h10,12H,5-9,11H2,1-4H3,(H,15,16). The van der Waals surface area contributed by atoms with Crippen LogP contribution in [-0.4, -0.2) is 15.1 Å². The number of aryl methyl sites for hydroxylation is 1. The molecule has 0 saturated carbocycles. The molecule has 0 unspecified atom stereocenters. The lowest BCUT2D eigenvalue weighted by molar-refractivity contribution is 0.414. The molecule has 98 valence electrons. The third-order valence-electron chi connectivity index (χ3n) is 3.88. The molecule has 0 radical (unpaired) electrons. The second-order valence-electron chi connectivity index (χ2n) is 4.76. The smallest absolute Gasteiger partial charge is 0.203 e. The minimum Gasteiger partial charge on any atom is -0.350 e. The molecule has 3 nitrogen and oxygen atoms in total. The number of nitrogens with zero attached hydrogens (tertiary/aromatic N) is 2. The Bertz CT molecular complexity index is 305. The van der Waals surface area contributed by atoms with Crippen molar-refractivity contribution >= 4 is 5.95 Å². The number of aromatic nitrogens is 2. The normalized spacial score (nSPS) is 11.8. The molecule has 0 fully saturated rings. The molecule has 0 spiro atoms. The highest BCUT2D eigenvalue weighted by Crippen LogP contribution is 2.24. The number of hydrogen-bond acceptors (Lipinski definition) is 2. The lowest BCUT2D eigenvalue weighted by atomic mass is 9.90. The molecule has 1 rings (SSSR count). The van der Waals surface area contributed by atoms with Crippen molar-refractivity contribution in [2.45, 2.75) is 71.9 Å². The quantitative estimate of drug-likeness (QED) is 0.739. The average molecular weight is 237 g/mol. The highest BCUT2D eigenvalue weighted by molar-refractivity contribution is 5.30. The Hall–Kier alpha value is -0.990. The van der Waals surface area contributed by atoms with Crippen molar-refractivity contribution in [1.29, 1.82) is 0 Å². The fourth-order valence-corrected chi connectivity index (χ4v) is 2.19. The summed E-state index contributed by atoms with van der Waals surface area (Å²) >= 11 is 0. The van der Waals surface area contributed by atoms with E-state index in [-0.39, 0.29) is 5.54 Å². The highest BCUT2D eigenvalue weighted by Gasteiger charge is 2.24. The van der Waals surface area contributed by atoms with Crippen molar-refractivity contribution in [3.63, 3.8) is 0 Å². The van der Waals surface area contributed by atoms with Gasteiger partial charge in [0.05, 0.1) is 0 Å². The molecule has 0 aliphatic carbocycles. The second kappa shape index (κ2) is 6.67. The average Bonchev–Trinajstić information content (AvgIpc) is 2.80. The summed E-state index contributed by atoms with van der Waals surface area (Å²) in [7, 11) is 0. The molecule has 0 bridgehead atoms. The second-order valence-corrected chi connectivity index (χ2v) is 4.76. The SMILES string of the molecule is CCCCn1ccnc1NC(CC)(CC)CC. The molecule has 0 amide bonds. The highest BCUT2D eigenvalue weighted by atomic mass is 15.2. The summed E-state index contributed by atoms with van der Waals surface area (Å²) in [6.07, 6.45) is 9.82. The van der Waals surface area contributed by atoms with Gasteiger partial charge in [0.25, 0.3) is 0 Å². The van der Waals surface area contributed by atoms with E-state index in [2.05, 4.69) is 48.8 Å². The first-order valence-electron chi connectivity index (χ1n) is 7.00. The zero-order chi connectivity index (χ0) is 12.7. The van der Waals surface area contributed by atoms with E-state index in [9.17, 15) is 0 Å². The Morgan fingerprint density at radius 1 is 1.18 bits per heavy atom. The van der Waals surface area contributed by atoms with Gasteiger partial charge < -0.3 is 9.88 Å². The predicted molar refractivity (Wildman–Crippen MR) is 74.4 cm³/mol. The van der Waals surface area contributed by atoms with Gasteiger partial charge in [-0.15, -0.1) is 0 Å². The van der Waals surface area contributed by atoms with E-state index < -0.39 is 0 Å². The summed E-state index contributed by atoms with van der Waals surface area (Å²) in [6, 6.07) is 0. The molecular weight excluding hydrogens is 210 g/mol. The van der Waals surface area contributed by atoms with Gasteiger partial charge >= 0.3 is 0 Å². The van der Waals surface area contributed by atoms with Gasteiger partial charge in [0.2, 0.25) is 5.95 Å². The summed E-state index contributed by atoms with van der Waals surface area (Å²) in [5.41, 5.74) is 0.204. The van der Waals surface area contributed by atoms with Crippen LogP contribution in [0.15, 0.2) is 12.4 Å². The third kappa shape index (κ3) is 3.48. The number of hydrogen-bond donors (Lipinski definition) is 1. The summed E-state index contributed by atoms with van der Waals surface area (Å²) in [4.78, 5) is 4.45. The van der Waals surface area contributed by atoms with Gasteiger partial charge in [0.1, 0.15) is 0 Å². The Morgan fingerprint density at radius 3 is 2.35 bits per heavy atom. The van der Waals surface area contributed by atoms with Crippen molar-refractivity contribution in [2.75, 3.05) is 5.32 Å². The summed E-state index contributed by atoms with van der Waals surface area (Å²) in [5, 5.41) is 3.65. The van der Waals surface area contributed by atoms with Gasteiger partial charge in [-0.3, -0.25) is 0 Å². The summed E-state index contributed by atoms with van der Waals surface area (Å²) in [5.74, 6) is 1.03. The lowest BCUT2D eigenvalue weighted by Gasteiger charge is -2.32. The summed E-state index contributed by atoms with van der Waals surface area (Å²) in [6.45, 7) is 10.0.